The maximum absolute atomic E-state index is 13.5. The molecule has 0 spiro atoms. The van der Waals surface area contributed by atoms with Gasteiger partial charge >= 0.3 is 5.97 Å². The van der Waals surface area contributed by atoms with Crippen LogP contribution in [0.25, 0.3) is 0 Å². The minimum Gasteiger partial charge on any atom is -0.497 e. The highest BCUT2D eigenvalue weighted by Gasteiger charge is 2.21. The van der Waals surface area contributed by atoms with Crippen LogP contribution in [0, 0.1) is 11.6 Å². The van der Waals surface area contributed by atoms with Crippen LogP contribution in [0.15, 0.2) is 42.5 Å². The van der Waals surface area contributed by atoms with Gasteiger partial charge in [0.05, 0.1) is 12.7 Å². The molecule has 0 heterocycles. The molecule has 0 aliphatic heterocycles. The topological polar surface area (TPSA) is 64.6 Å². The average molecular weight is 349 g/mol. The standard InChI is InChI=1S/C18H17F2NO4/c1-11(25-18(23)15-8-5-13(19)9-16(15)20)17(22)21-10-12-3-6-14(24-2)7-4-12/h3-9,11H,10H2,1-2H3,(H,21,22)/t11-/m1/s1. The van der Waals surface area contributed by atoms with Gasteiger partial charge in [0.1, 0.15) is 17.4 Å². The van der Waals surface area contributed by atoms with Crippen LogP contribution in [0.5, 0.6) is 5.75 Å². The Morgan fingerprint density at radius 2 is 1.80 bits per heavy atom. The predicted molar refractivity (Wildman–Crippen MR) is 86.1 cm³/mol. The number of halogens is 2. The van der Waals surface area contributed by atoms with Gasteiger partial charge in [0.25, 0.3) is 5.91 Å². The third kappa shape index (κ3) is 5.00. The summed E-state index contributed by atoms with van der Waals surface area (Å²) in [5.74, 6) is -2.73. The Kier molecular flexibility index (Phi) is 6.05. The summed E-state index contributed by atoms with van der Waals surface area (Å²) in [6.07, 6.45) is -1.13. The fraction of sp³-hybridized carbons (Fsp3) is 0.222. The van der Waals surface area contributed by atoms with Crippen LogP contribution in [0.3, 0.4) is 0 Å². The van der Waals surface area contributed by atoms with Gasteiger partial charge in [0.2, 0.25) is 0 Å². The van der Waals surface area contributed by atoms with Crippen LogP contribution in [0.2, 0.25) is 0 Å². The van der Waals surface area contributed by atoms with Crippen molar-refractivity contribution >= 4 is 11.9 Å². The summed E-state index contributed by atoms with van der Waals surface area (Å²) in [5.41, 5.74) is 0.397. The van der Waals surface area contributed by atoms with Crippen LogP contribution in [0.4, 0.5) is 8.78 Å². The number of hydrogen-bond donors (Lipinski definition) is 1. The molecule has 0 fully saturated rings. The molecule has 1 amide bonds. The van der Waals surface area contributed by atoms with Crippen molar-refractivity contribution in [2.24, 2.45) is 0 Å². The molecule has 132 valence electrons. The maximum Gasteiger partial charge on any atom is 0.341 e. The molecule has 0 aliphatic carbocycles. The molecule has 0 saturated heterocycles. The first-order valence-electron chi connectivity index (χ1n) is 7.47. The molecular formula is C18H17F2NO4. The molecule has 1 atom stereocenters. The van der Waals surface area contributed by atoms with Gasteiger partial charge in [0.15, 0.2) is 6.10 Å². The van der Waals surface area contributed by atoms with Gasteiger partial charge < -0.3 is 14.8 Å². The van der Waals surface area contributed by atoms with Gasteiger partial charge in [0, 0.05) is 12.6 Å². The number of carbonyl (C=O) groups excluding carboxylic acids is 2. The summed E-state index contributed by atoms with van der Waals surface area (Å²) in [6.45, 7) is 1.60. The number of nitrogens with one attached hydrogen (secondary N) is 1. The summed E-state index contributed by atoms with van der Waals surface area (Å²) >= 11 is 0. The van der Waals surface area contributed by atoms with E-state index in [2.05, 4.69) is 5.32 Å². The zero-order valence-electron chi connectivity index (χ0n) is 13.7. The number of hydrogen-bond acceptors (Lipinski definition) is 4. The van der Waals surface area contributed by atoms with Gasteiger partial charge in [-0.15, -0.1) is 0 Å². The highest BCUT2D eigenvalue weighted by atomic mass is 19.1. The Bertz CT molecular complexity index is 762. The predicted octanol–water partition coefficient (Wildman–Crippen LogP) is 2.84. The number of amides is 1. The molecular weight excluding hydrogens is 332 g/mol. The molecule has 7 heteroatoms. The molecule has 0 unspecified atom stereocenters. The van der Waals surface area contributed by atoms with Crippen LogP contribution < -0.4 is 10.1 Å². The van der Waals surface area contributed by atoms with Crippen LogP contribution in [-0.2, 0) is 16.1 Å². The smallest absolute Gasteiger partial charge is 0.341 e. The van der Waals surface area contributed by atoms with Gasteiger partial charge in [-0.2, -0.15) is 0 Å². The average Bonchev–Trinajstić information content (AvgIpc) is 2.59. The molecule has 1 N–H and O–H groups in total. The molecule has 0 aliphatic rings. The van der Waals surface area contributed by atoms with E-state index in [4.69, 9.17) is 9.47 Å². The van der Waals surface area contributed by atoms with E-state index < -0.39 is 35.2 Å². The minimum atomic E-state index is -1.13. The fourth-order valence-electron chi connectivity index (χ4n) is 2.01. The molecule has 25 heavy (non-hydrogen) atoms. The Morgan fingerprint density at radius 1 is 1.12 bits per heavy atom. The molecule has 2 aromatic rings. The summed E-state index contributed by atoms with van der Waals surface area (Å²) in [7, 11) is 1.55. The van der Waals surface area contributed by atoms with E-state index >= 15 is 0 Å². The van der Waals surface area contributed by atoms with Crippen molar-refractivity contribution in [1.29, 1.82) is 0 Å². The lowest BCUT2D eigenvalue weighted by molar-refractivity contribution is -0.129. The summed E-state index contributed by atoms with van der Waals surface area (Å²) in [4.78, 5) is 23.8. The van der Waals surface area contributed by atoms with Crippen molar-refractivity contribution in [2.75, 3.05) is 7.11 Å². The lowest BCUT2D eigenvalue weighted by Gasteiger charge is -2.14. The zero-order chi connectivity index (χ0) is 18.4. The second-order valence-corrected chi connectivity index (χ2v) is 5.24. The molecule has 0 bridgehead atoms. The molecule has 0 radical (unpaired) electrons. The quantitative estimate of drug-likeness (QED) is 0.815. The first-order valence-corrected chi connectivity index (χ1v) is 7.47. The molecule has 0 aromatic heterocycles. The lowest BCUT2D eigenvalue weighted by Crippen LogP contribution is -2.35. The summed E-state index contributed by atoms with van der Waals surface area (Å²) in [6, 6.07) is 9.55. The number of ether oxygens (including phenoxy) is 2. The van der Waals surface area contributed by atoms with Gasteiger partial charge in [-0.25, -0.2) is 13.6 Å². The van der Waals surface area contributed by atoms with Crippen molar-refractivity contribution < 1.29 is 27.8 Å². The summed E-state index contributed by atoms with van der Waals surface area (Å²) < 4.78 is 36.3. The number of methoxy groups -OCH3 is 1. The van der Waals surface area contributed by atoms with Crippen molar-refractivity contribution in [3.63, 3.8) is 0 Å². The number of esters is 1. The summed E-state index contributed by atoms with van der Waals surface area (Å²) in [5, 5.41) is 2.61. The van der Waals surface area contributed by atoms with Crippen molar-refractivity contribution in [2.45, 2.75) is 19.6 Å². The molecule has 0 saturated carbocycles. The Hall–Kier alpha value is -2.96. The van der Waals surface area contributed by atoms with Gasteiger partial charge in [-0.05, 0) is 36.8 Å². The van der Waals surface area contributed by atoms with E-state index in [-0.39, 0.29) is 6.54 Å². The van der Waals surface area contributed by atoms with E-state index in [9.17, 15) is 18.4 Å². The monoisotopic (exact) mass is 349 g/mol. The maximum atomic E-state index is 13.5. The van der Waals surface area contributed by atoms with E-state index in [1.807, 2.05) is 0 Å². The molecule has 5 nitrogen and oxygen atoms in total. The zero-order valence-corrected chi connectivity index (χ0v) is 13.7. The van der Waals surface area contributed by atoms with Crippen molar-refractivity contribution in [3.8, 4) is 5.75 Å². The second kappa shape index (κ2) is 8.23. The van der Waals surface area contributed by atoms with E-state index in [0.717, 1.165) is 17.7 Å². The largest absolute Gasteiger partial charge is 0.497 e. The second-order valence-electron chi connectivity index (χ2n) is 5.24. The van der Waals surface area contributed by atoms with Crippen molar-refractivity contribution in [3.05, 3.63) is 65.2 Å². The Labute approximate surface area is 143 Å². The number of benzene rings is 2. The van der Waals surface area contributed by atoms with Crippen molar-refractivity contribution in [1.82, 2.24) is 5.32 Å². The van der Waals surface area contributed by atoms with Crippen LogP contribution in [-0.4, -0.2) is 25.1 Å². The molecule has 2 rings (SSSR count). The van der Waals surface area contributed by atoms with Crippen LogP contribution >= 0.6 is 0 Å². The number of carbonyl (C=O) groups is 2. The lowest BCUT2D eigenvalue weighted by atomic mass is 10.2. The first kappa shape index (κ1) is 18.4. The van der Waals surface area contributed by atoms with Gasteiger partial charge in [-0.1, -0.05) is 12.1 Å². The third-order valence-corrected chi connectivity index (χ3v) is 3.43. The van der Waals surface area contributed by atoms with E-state index in [1.165, 1.54) is 6.92 Å². The Balaban J connectivity index is 1.89. The molecule has 2 aromatic carbocycles. The normalized spacial score (nSPS) is 11.5. The van der Waals surface area contributed by atoms with Crippen LogP contribution in [0.1, 0.15) is 22.8 Å². The minimum absolute atomic E-state index is 0.232. The SMILES string of the molecule is COc1ccc(CNC(=O)[C@@H](C)OC(=O)c2ccc(F)cc2F)cc1. The number of rotatable bonds is 6. The van der Waals surface area contributed by atoms with Gasteiger partial charge in [-0.3, -0.25) is 4.79 Å². The highest BCUT2D eigenvalue weighted by molar-refractivity contribution is 5.92. The van der Waals surface area contributed by atoms with E-state index in [0.29, 0.717) is 11.8 Å². The Morgan fingerprint density at radius 3 is 2.40 bits per heavy atom. The first-order chi connectivity index (χ1) is 11.9. The van der Waals surface area contributed by atoms with E-state index in [1.54, 1.807) is 31.4 Å². The highest BCUT2D eigenvalue weighted by Crippen LogP contribution is 2.13. The fourth-order valence-corrected chi connectivity index (χ4v) is 2.01. The third-order valence-electron chi connectivity index (χ3n) is 3.43.